The van der Waals surface area contributed by atoms with Crippen LogP contribution in [0.3, 0.4) is 0 Å². The Hall–Kier alpha value is -1.82. The summed E-state index contributed by atoms with van der Waals surface area (Å²) in [5.74, 6) is 1.23. The number of carboxylic acid groups (broad SMARTS) is 1. The Bertz CT molecular complexity index is 565. The van der Waals surface area contributed by atoms with Crippen LogP contribution in [0.15, 0.2) is 24.3 Å². The number of ether oxygens (including phenoxy) is 1. The Morgan fingerprint density at radius 3 is 2.38 bits per heavy atom. The van der Waals surface area contributed by atoms with E-state index < -0.39 is 6.09 Å². The monoisotopic (exact) mass is 364 g/mol. The summed E-state index contributed by atoms with van der Waals surface area (Å²) in [6, 6.07) is 6.40. The van der Waals surface area contributed by atoms with Crippen molar-refractivity contribution in [1.29, 1.82) is 0 Å². The van der Waals surface area contributed by atoms with Gasteiger partial charge in [0.15, 0.2) is 0 Å². The molecule has 144 valence electrons. The zero-order valence-electron chi connectivity index (χ0n) is 15.2. The van der Waals surface area contributed by atoms with Crippen LogP contribution in [-0.4, -0.2) is 47.9 Å². The molecular formula is C20H29FN2O3. The molecule has 1 saturated carbocycles. The molecule has 0 aromatic heterocycles. The first-order valence-corrected chi connectivity index (χ1v) is 9.72. The number of nitrogens with zero attached hydrogens (tertiary/aromatic N) is 1. The fraction of sp³-hybridized carbons (Fsp3) is 0.650. The van der Waals surface area contributed by atoms with E-state index in [1.807, 2.05) is 0 Å². The van der Waals surface area contributed by atoms with Crippen molar-refractivity contribution in [2.75, 3.05) is 19.6 Å². The van der Waals surface area contributed by atoms with Gasteiger partial charge in [0, 0.05) is 19.1 Å². The fourth-order valence-corrected chi connectivity index (χ4v) is 4.09. The molecule has 1 amide bonds. The number of piperidine rings is 1. The molecule has 1 aliphatic carbocycles. The summed E-state index contributed by atoms with van der Waals surface area (Å²) in [6.45, 7) is 3.20. The number of hydrogen-bond acceptors (Lipinski definition) is 3. The predicted octanol–water partition coefficient (Wildman–Crippen LogP) is 3.89. The van der Waals surface area contributed by atoms with Crippen LogP contribution in [-0.2, 0) is 0 Å². The molecule has 0 bridgehead atoms. The first-order chi connectivity index (χ1) is 12.6. The Morgan fingerprint density at radius 2 is 1.77 bits per heavy atom. The van der Waals surface area contributed by atoms with E-state index in [0.29, 0.717) is 0 Å². The third-order valence-corrected chi connectivity index (χ3v) is 5.68. The number of rotatable bonds is 6. The van der Waals surface area contributed by atoms with Crippen molar-refractivity contribution in [1.82, 2.24) is 10.2 Å². The highest BCUT2D eigenvalue weighted by atomic mass is 19.1. The molecule has 1 aromatic rings. The highest BCUT2D eigenvalue weighted by Crippen LogP contribution is 2.28. The maximum absolute atomic E-state index is 12.9. The lowest BCUT2D eigenvalue weighted by molar-refractivity contribution is 0.0948. The van der Waals surface area contributed by atoms with Crippen LogP contribution in [0, 0.1) is 11.7 Å². The predicted molar refractivity (Wildman–Crippen MR) is 98.0 cm³/mol. The van der Waals surface area contributed by atoms with Crippen molar-refractivity contribution < 1.29 is 19.0 Å². The number of benzene rings is 1. The second-order valence-corrected chi connectivity index (χ2v) is 7.57. The summed E-state index contributed by atoms with van der Waals surface area (Å²) >= 11 is 0. The summed E-state index contributed by atoms with van der Waals surface area (Å²) in [6.07, 6.45) is 6.69. The molecule has 6 heteroatoms. The molecule has 0 atom stereocenters. The summed E-state index contributed by atoms with van der Waals surface area (Å²) in [7, 11) is 0. The second kappa shape index (κ2) is 9.21. The molecule has 1 heterocycles. The number of carbonyl (C=O) groups is 1. The Balaban J connectivity index is 1.31. The van der Waals surface area contributed by atoms with E-state index in [9.17, 15) is 9.18 Å². The fourth-order valence-electron chi connectivity index (χ4n) is 4.09. The van der Waals surface area contributed by atoms with Crippen molar-refractivity contribution in [3.05, 3.63) is 30.1 Å². The van der Waals surface area contributed by atoms with Gasteiger partial charge in [0.2, 0.25) is 0 Å². The van der Waals surface area contributed by atoms with Gasteiger partial charge in [0.05, 0.1) is 0 Å². The van der Waals surface area contributed by atoms with Crippen LogP contribution in [0.5, 0.6) is 5.75 Å². The number of halogens is 1. The molecule has 1 saturated heterocycles. The van der Waals surface area contributed by atoms with Crippen LogP contribution in [0.25, 0.3) is 0 Å². The minimum atomic E-state index is -0.904. The van der Waals surface area contributed by atoms with Gasteiger partial charge in [-0.1, -0.05) is 0 Å². The molecule has 26 heavy (non-hydrogen) atoms. The topological polar surface area (TPSA) is 61.8 Å². The number of nitrogens with one attached hydrogen (secondary N) is 1. The molecule has 1 aromatic carbocycles. The number of amides is 1. The highest BCUT2D eigenvalue weighted by Gasteiger charge is 2.24. The molecule has 2 N–H and O–H groups in total. The molecule has 2 aliphatic rings. The average Bonchev–Trinajstić information content (AvgIpc) is 2.64. The van der Waals surface area contributed by atoms with Crippen LogP contribution < -0.4 is 10.1 Å². The molecule has 0 radical (unpaired) electrons. The van der Waals surface area contributed by atoms with Crippen LogP contribution >= 0.6 is 0 Å². The van der Waals surface area contributed by atoms with E-state index >= 15 is 0 Å². The van der Waals surface area contributed by atoms with E-state index in [2.05, 4.69) is 10.2 Å². The van der Waals surface area contributed by atoms with Crippen molar-refractivity contribution in [2.45, 2.75) is 57.1 Å². The molecule has 0 spiro atoms. The van der Waals surface area contributed by atoms with Gasteiger partial charge in [-0.3, -0.25) is 0 Å². The van der Waals surface area contributed by atoms with E-state index in [4.69, 9.17) is 9.84 Å². The standard InChI is InChI=1S/C20H29FN2O3/c21-16-3-7-18(8-4-16)26-19-10-13-23(14-11-19)12-9-15-1-5-17(6-2-15)22-20(24)25/h3-4,7-8,15,17,19,22H,1-2,5-6,9-14H2,(H,24,25). The van der Waals surface area contributed by atoms with Gasteiger partial charge in [-0.25, -0.2) is 9.18 Å². The summed E-state index contributed by atoms with van der Waals surface area (Å²) in [4.78, 5) is 13.2. The van der Waals surface area contributed by atoms with Crippen molar-refractivity contribution >= 4 is 6.09 Å². The maximum atomic E-state index is 12.9. The van der Waals surface area contributed by atoms with Gasteiger partial charge in [0.25, 0.3) is 0 Å². The zero-order chi connectivity index (χ0) is 18.4. The Labute approximate surface area is 154 Å². The summed E-state index contributed by atoms with van der Waals surface area (Å²) in [5, 5.41) is 11.4. The summed E-state index contributed by atoms with van der Waals surface area (Å²) in [5.41, 5.74) is 0. The number of likely N-dealkylation sites (tertiary alicyclic amines) is 1. The molecule has 3 rings (SSSR count). The first kappa shape index (κ1) is 19.0. The minimum Gasteiger partial charge on any atom is -0.490 e. The van der Waals surface area contributed by atoms with E-state index in [-0.39, 0.29) is 18.0 Å². The quantitative estimate of drug-likeness (QED) is 0.804. The van der Waals surface area contributed by atoms with Gasteiger partial charge < -0.3 is 20.1 Å². The zero-order valence-corrected chi connectivity index (χ0v) is 15.2. The lowest BCUT2D eigenvalue weighted by Crippen LogP contribution is -2.40. The SMILES string of the molecule is O=C(O)NC1CCC(CCN2CCC(Oc3ccc(F)cc3)CC2)CC1. The highest BCUT2D eigenvalue weighted by molar-refractivity contribution is 5.64. The maximum Gasteiger partial charge on any atom is 0.404 e. The van der Waals surface area contributed by atoms with Gasteiger partial charge in [0.1, 0.15) is 17.7 Å². The molecule has 0 unspecified atom stereocenters. The van der Waals surface area contributed by atoms with Crippen molar-refractivity contribution in [3.63, 3.8) is 0 Å². The van der Waals surface area contributed by atoms with Crippen molar-refractivity contribution in [2.24, 2.45) is 5.92 Å². The van der Waals surface area contributed by atoms with Gasteiger partial charge in [-0.15, -0.1) is 0 Å². The Kier molecular flexibility index (Phi) is 6.72. The van der Waals surface area contributed by atoms with Gasteiger partial charge >= 0.3 is 6.09 Å². The van der Waals surface area contributed by atoms with Crippen LogP contribution in [0.4, 0.5) is 9.18 Å². The Morgan fingerprint density at radius 1 is 1.12 bits per heavy atom. The summed E-state index contributed by atoms with van der Waals surface area (Å²) < 4.78 is 18.9. The normalized spacial score (nSPS) is 25.0. The molecule has 2 fully saturated rings. The van der Waals surface area contributed by atoms with Crippen LogP contribution in [0.2, 0.25) is 0 Å². The van der Waals surface area contributed by atoms with E-state index in [1.54, 1.807) is 12.1 Å². The minimum absolute atomic E-state index is 0.142. The van der Waals surface area contributed by atoms with E-state index in [0.717, 1.165) is 69.8 Å². The smallest absolute Gasteiger partial charge is 0.404 e. The lowest BCUT2D eigenvalue weighted by atomic mass is 9.84. The third kappa shape index (κ3) is 5.87. The van der Waals surface area contributed by atoms with Crippen molar-refractivity contribution in [3.8, 4) is 5.75 Å². The van der Waals surface area contributed by atoms with E-state index in [1.165, 1.54) is 18.6 Å². The molecular weight excluding hydrogens is 335 g/mol. The molecule has 5 nitrogen and oxygen atoms in total. The van der Waals surface area contributed by atoms with Crippen LogP contribution in [0.1, 0.15) is 44.9 Å². The third-order valence-electron chi connectivity index (χ3n) is 5.68. The van der Waals surface area contributed by atoms with Gasteiger partial charge in [-0.05, 0) is 81.7 Å². The first-order valence-electron chi connectivity index (χ1n) is 9.72. The largest absolute Gasteiger partial charge is 0.490 e. The second-order valence-electron chi connectivity index (χ2n) is 7.57. The average molecular weight is 364 g/mol. The molecule has 1 aliphatic heterocycles. The number of hydrogen-bond donors (Lipinski definition) is 2. The van der Waals surface area contributed by atoms with Gasteiger partial charge in [-0.2, -0.15) is 0 Å². The lowest BCUT2D eigenvalue weighted by Gasteiger charge is -2.34.